The van der Waals surface area contributed by atoms with E-state index in [-0.39, 0.29) is 0 Å². The topological polar surface area (TPSA) is 28.2 Å². The molecule has 0 radical (unpaired) electrons. The molecule has 1 aliphatic rings. The number of aryl methyl sites for hydroxylation is 1. The highest BCUT2D eigenvalue weighted by Gasteiger charge is 2.28. The Morgan fingerprint density at radius 1 is 1.38 bits per heavy atom. The standard InChI is InChI=1S/C17H31N3S/c1-6-8-14-15(11-18-13(2)3)21-16(19-14)20-10-7-9-17(4,5)12-20/h13,18H,6-12H2,1-5H3. The molecule has 0 bridgehead atoms. The number of hydrogen-bond acceptors (Lipinski definition) is 4. The van der Waals surface area contributed by atoms with Crippen molar-refractivity contribution in [3.05, 3.63) is 10.6 Å². The lowest BCUT2D eigenvalue weighted by Crippen LogP contribution is -2.40. The molecule has 1 aromatic heterocycles. The quantitative estimate of drug-likeness (QED) is 0.853. The van der Waals surface area contributed by atoms with Gasteiger partial charge in [0.1, 0.15) is 0 Å². The lowest BCUT2D eigenvalue weighted by molar-refractivity contribution is 0.293. The Kier molecular flexibility index (Phi) is 5.67. The number of nitrogens with zero attached hydrogens (tertiary/aromatic N) is 2. The van der Waals surface area contributed by atoms with E-state index in [0.29, 0.717) is 11.5 Å². The van der Waals surface area contributed by atoms with E-state index in [2.05, 4.69) is 44.8 Å². The Bertz CT molecular complexity index is 451. The lowest BCUT2D eigenvalue weighted by atomic mass is 9.84. The summed E-state index contributed by atoms with van der Waals surface area (Å²) in [5.41, 5.74) is 1.74. The maximum Gasteiger partial charge on any atom is 0.185 e. The van der Waals surface area contributed by atoms with Gasteiger partial charge in [0.25, 0.3) is 0 Å². The molecule has 0 saturated carbocycles. The summed E-state index contributed by atoms with van der Waals surface area (Å²) in [4.78, 5) is 8.91. The van der Waals surface area contributed by atoms with Crippen molar-refractivity contribution in [3.8, 4) is 0 Å². The van der Waals surface area contributed by atoms with Gasteiger partial charge in [0, 0.05) is 30.6 Å². The van der Waals surface area contributed by atoms with Crippen LogP contribution in [-0.2, 0) is 13.0 Å². The summed E-state index contributed by atoms with van der Waals surface area (Å²) in [6, 6.07) is 0.527. The van der Waals surface area contributed by atoms with Crippen LogP contribution in [0.15, 0.2) is 0 Å². The SMILES string of the molecule is CCCc1nc(N2CCCC(C)(C)C2)sc1CNC(C)C. The Balaban J connectivity index is 2.14. The maximum absolute atomic E-state index is 4.97. The van der Waals surface area contributed by atoms with Gasteiger partial charge in [-0.15, -0.1) is 11.3 Å². The molecule has 2 rings (SSSR count). The van der Waals surface area contributed by atoms with Gasteiger partial charge in [-0.3, -0.25) is 0 Å². The second kappa shape index (κ2) is 7.10. The molecule has 2 heterocycles. The molecule has 0 aliphatic carbocycles. The van der Waals surface area contributed by atoms with Gasteiger partial charge in [0.05, 0.1) is 5.69 Å². The molecular weight excluding hydrogens is 278 g/mol. The van der Waals surface area contributed by atoms with E-state index >= 15 is 0 Å². The third-order valence-electron chi connectivity index (χ3n) is 4.10. The average Bonchev–Trinajstić information content (AvgIpc) is 2.79. The predicted octanol–water partition coefficient (Wildman–Crippen LogP) is 4.22. The summed E-state index contributed by atoms with van der Waals surface area (Å²) in [6.07, 6.45) is 4.89. The van der Waals surface area contributed by atoms with Gasteiger partial charge in [-0.1, -0.05) is 41.0 Å². The molecule has 0 amide bonds. The van der Waals surface area contributed by atoms with Gasteiger partial charge in [0.15, 0.2) is 5.13 Å². The summed E-state index contributed by atoms with van der Waals surface area (Å²) in [5, 5.41) is 4.79. The zero-order valence-electron chi connectivity index (χ0n) is 14.3. The summed E-state index contributed by atoms with van der Waals surface area (Å²) in [7, 11) is 0. The van der Waals surface area contributed by atoms with Crippen molar-refractivity contribution in [3.63, 3.8) is 0 Å². The molecule has 0 spiro atoms. The summed E-state index contributed by atoms with van der Waals surface area (Å²) in [6.45, 7) is 14.7. The average molecular weight is 310 g/mol. The predicted molar refractivity (Wildman–Crippen MR) is 93.3 cm³/mol. The first kappa shape index (κ1) is 16.8. The van der Waals surface area contributed by atoms with Crippen molar-refractivity contribution in [1.82, 2.24) is 10.3 Å². The number of thiazole rings is 1. The van der Waals surface area contributed by atoms with Crippen molar-refractivity contribution in [2.45, 2.75) is 72.9 Å². The molecule has 21 heavy (non-hydrogen) atoms. The smallest absolute Gasteiger partial charge is 0.185 e. The first-order chi connectivity index (χ1) is 9.91. The molecule has 1 aromatic rings. The first-order valence-electron chi connectivity index (χ1n) is 8.38. The van der Waals surface area contributed by atoms with Crippen LogP contribution in [-0.4, -0.2) is 24.1 Å². The fourth-order valence-electron chi connectivity index (χ4n) is 2.96. The number of nitrogens with one attached hydrogen (secondary N) is 1. The van der Waals surface area contributed by atoms with Crippen LogP contribution in [0, 0.1) is 5.41 Å². The summed E-state index contributed by atoms with van der Waals surface area (Å²) in [5.74, 6) is 0. The van der Waals surface area contributed by atoms with E-state index in [1.165, 1.54) is 41.5 Å². The Labute approximate surface area is 134 Å². The summed E-state index contributed by atoms with van der Waals surface area (Å²) >= 11 is 1.90. The fourth-order valence-corrected chi connectivity index (χ4v) is 4.04. The maximum atomic E-state index is 4.97. The van der Waals surface area contributed by atoms with Crippen LogP contribution in [0.2, 0.25) is 0 Å². The molecule has 1 saturated heterocycles. The van der Waals surface area contributed by atoms with Gasteiger partial charge in [0.2, 0.25) is 0 Å². The number of rotatable bonds is 6. The van der Waals surface area contributed by atoms with Gasteiger partial charge < -0.3 is 10.2 Å². The van der Waals surface area contributed by atoms with Crippen LogP contribution in [0.3, 0.4) is 0 Å². The zero-order chi connectivity index (χ0) is 15.5. The molecule has 3 nitrogen and oxygen atoms in total. The minimum atomic E-state index is 0.422. The summed E-state index contributed by atoms with van der Waals surface area (Å²) < 4.78 is 0. The highest BCUT2D eigenvalue weighted by atomic mass is 32.1. The van der Waals surface area contributed by atoms with Crippen molar-refractivity contribution in [2.75, 3.05) is 18.0 Å². The minimum Gasteiger partial charge on any atom is -0.348 e. The van der Waals surface area contributed by atoms with E-state index in [1.54, 1.807) is 0 Å². The normalized spacial score (nSPS) is 18.5. The lowest BCUT2D eigenvalue weighted by Gasteiger charge is -2.37. The third-order valence-corrected chi connectivity index (χ3v) is 5.25. The Hall–Kier alpha value is -0.610. The fraction of sp³-hybridized carbons (Fsp3) is 0.824. The van der Waals surface area contributed by atoms with Crippen molar-refractivity contribution >= 4 is 16.5 Å². The minimum absolute atomic E-state index is 0.422. The highest BCUT2D eigenvalue weighted by molar-refractivity contribution is 7.15. The number of piperidine rings is 1. The Morgan fingerprint density at radius 3 is 2.76 bits per heavy atom. The van der Waals surface area contributed by atoms with Crippen LogP contribution < -0.4 is 10.2 Å². The van der Waals surface area contributed by atoms with Crippen molar-refractivity contribution < 1.29 is 0 Å². The molecular formula is C17H31N3S. The van der Waals surface area contributed by atoms with E-state index < -0.39 is 0 Å². The third kappa shape index (κ3) is 4.68. The number of anilines is 1. The van der Waals surface area contributed by atoms with Gasteiger partial charge in [-0.05, 0) is 24.7 Å². The molecule has 0 unspecified atom stereocenters. The molecule has 1 N–H and O–H groups in total. The van der Waals surface area contributed by atoms with E-state index in [0.717, 1.165) is 19.5 Å². The van der Waals surface area contributed by atoms with Gasteiger partial charge in [-0.2, -0.15) is 0 Å². The largest absolute Gasteiger partial charge is 0.348 e. The van der Waals surface area contributed by atoms with Crippen molar-refractivity contribution in [1.29, 1.82) is 0 Å². The molecule has 4 heteroatoms. The van der Waals surface area contributed by atoms with Crippen LogP contribution in [0.25, 0.3) is 0 Å². The van der Waals surface area contributed by atoms with Gasteiger partial charge >= 0.3 is 0 Å². The van der Waals surface area contributed by atoms with Crippen LogP contribution in [0.4, 0.5) is 5.13 Å². The van der Waals surface area contributed by atoms with Crippen LogP contribution in [0.1, 0.15) is 64.5 Å². The molecule has 0 atom stereocenters. The number of aromatic nitrogens is 1. The second-order valence-electron chi connectivity index (χ2n) is 7.34. The first-order valence-corrected chi connectivity index (χ1v) is 9.20. The Morgan fingerprint density at radius 2 is 2.14 bits per heavy atom. The number of hydrogen-bond donors (Lipinski definition) is 1. The van der Waals surface area contributed by atoms with Crippen LogP contribution in [0.5, 0.6) is 0 Å². The van der Waals surface area contributed by atoms with E-state index in [1.807, 2.05) is 11.3 Å². The van der Waals surface area contributed by atoms with E-state index in [9.17, 15) is 0 Å². The highest BCUT2D eigenvalue weighted by Crippen LogP contribution is 2.35. The molecule has 1 aliphatic heterocycles. The zero-order valence-corrected chi connectivity index (χ0v) is 15.1. The van der Waals surface area contributed by atoms with Gasteiger partial charge in [-0.25, -0.2) is 4.98 Å². The monoisotopic (exact) mass is 309 g/mol. The molecule has 0 aromatic carbocycles. The van der Waals surface area contributed by atoms with Crippen molar-refractivity contribution in [2.24, 2.45) is 5.41 Å². The second-order valence-corrected chi connectivity index (χ2v) is 8.40. The molecule has 120 valence electrons. The van der Waals surface area contributed by atoms with Crippen LogP contribution >= 0.6 is 11.3 Å². The van der Waals surface area contributed by atoms with E-state index in [4.69, 9.17) is 4.98 Å². The molecule has 1 fully saturated rings.